The molecule has 0 saturated heterocycles. The number of nitrogens with zero attached hydrogens (tertiary/aromatic N) is 1. The number of nitrogens with one attached hydrogen (secondary N) is 1. The van der Waals surface area contributed by atoms with Crippen LogP contribution in [0.2, 0.25) is 0 Å². The monoisotopic (exact) mass is 385 g/mol. The van der Waals surface area contributed by atoms with Crippen LogP contribution in [0.1, 0.15) is 28.9 Å². The van der Waals surface area contributed by atoms with Crippen molar-refractivity contribution in [3.05, 3.63) is 64.3 Å². The number of aromatic carboxylic acids is 1. The van der Waals surface area contributed by atoms with Crippen LogP contribution in [-0.4, -0.2) is 16.1 Å². The molecule has 4 N–H and O–H groups in total. The Morgan fingerprint density at radius 2 is 2.00 bits per heavy atom. The van der Waals surface area contributed by atoms with Gasteiger partial charge in [0.15, 0.2) is 0 Å². The van der Waals surface area contributed by atoms with Gasteiger partial charge < -0.3 is 16.2 Å². The molecule has 24 heavy (non-hydrogen) atoms. The zero-order valence-electron chi connectivity index (χ0n) is 13.0. The normalized spacial score (nSPS) is 12.1. The molecule has 0 spiro atoms. The molecule has 1 heterocycles. The van der Waals surface area contributed by atoms with Crippen LogP contribution >= 0.6 is 15.9 Å². The summed E-state index contributed by atoms with van der Waals surface area (Å²) in [5.41, 5.74) is 9.21. The van der Waals surface area contributed by atoms with Crippen LogP contribution in [0.5, 0.6) is 0 Å². The lowest BCUT2D eigenvalue weighted by Crippen LogP contribution is -2.09. The van der Waals surface area contributed by atoms with Crippen LogP contribution in [0, 0.1) is 0 Å². The fourth-order valence-electron chi connectivity index (χ4n) is 2.60. The van der Waals surface area contributed by atoms with Gasteiger partial charge in [0.2, 0.25) is 0 Å². The number of carbonyl (C=O) groups is 1. The van der Waals surface area contributed by atoms with Crippen molar-refractivity contribution in [1.82, 2.24) is 4.98 Å². The number of carboxylic acid groups (broad SMARTS) is 1. The number of anilines is 2. The maximum atomic E-state index is 11.4. The molecular weight excluding hydrogens is 370 g/mol. The lowest BCUT2D eigenvalue weighted by molar-refractivity contribution is 0.0696. The summed E-state index contributed by atoms with van der Waals surface area (Å²) >= 11 is 3.28. The highest BCUT2D eigenvalue weighted by atomic mass is 79.9. The van der Waals surface area contributed by atoms with E-state index in [4.69, 9.17) is 5.73 Å². The van der Waals surface area contributed by atoms with Crippen molar-refractivity contribution >= 4 is 44.2 Å². The Bertz CT molecular complexity index is 913. The van der Waals surface area contributed by atoms with Crippen molar-refractivity contribution in [2.75, 3.05) is 11.1 Å². The van der Waals surface area contributed by atoms with Gasteiger partial charge in [-0.25, -0.2) is 4.79 Å². The fourth-order valence-corrected chi connectivity index (χ4v) is 3.10. The number of pyridine rings is 1. The summed E-state index contributed by atoms with van der Waals surface area (Å²) in [6, 6.07) is 13.2. The van der Waals surface area contributed by atoms with Gasteiger partial charge in [-0.15, -0.1) is 0 Å². The molecule has 1 unspecified atom stereocenters. The third-order valence-electron chi connectivity index (χ3n) is 3.88. The highest BCUT2D eigenvalue weighted by Crippen LogP contribution is 2.34. The maximum absolute atomic E-state index is 11.4. The van der Waals surface area contributed by atoms with Gasteiger partial charge in [0.25, 0.3) is 0 Å². The van der Waals surface area contributed by atoms with Crippen molar-refractivity contribution in [3.8, 4) is 0 Å². The maximum Gasteiger partial charge on any atom is 0.336 e. The minimum Gasteiger partial charge on any atom is -0.478 e. The second-order valence-electron chi connectivity index (χ2n) is 5.52. The van der Waals surface area contributed by atoms with Crippen molar-refractivity contribution < 1.29 is 9.90 Å². The first-order valence-corrected chi connectivity index (χ1v) is 8.19. The van der Waals surface area contributed by atoms with E-state index in [2.05, 4.69) is 26.2 Å². The lowest BCUT2D eigenvalue weighted by Gasteiger charge is -2.19. The van der Waals surface area contributed by atoms with Crippen LogP contribution in [0.25, 0.3) is 10.9 Å². The molecule has 0 aliphatic heterocycles. The minimum atomic E-state index is -1.01. The Morgan fingerprint density at radius 1 is 1.29 bits per heavy atom. The van der Waals surface area contributed by atoms with Crippen LogP contribution in [-0.2, 0) is 0 Å². The topological polar surface area (TPSA) is 88.2 Å². The molecule has 3 aromatic rings. The molecule has 0 saturated carbocycles. The van der Waals surface area contributed by atoms with Gasteiger partial charge in [0.1, 0.15) is 0 Å². The van der Waals surface area contributed by atoms with E-state index in [1.165, 1.54) is 0 Å². The average molecular weight is 386 g/mol. The first-order chi connectivity index (χ1) is 11.5. The number of hydrogen-bond acceptors (Lipinski definition) is 4. The molecule has 0 bridgehead atoms. The standard InChI is InChI=1S/C18H16BrN3O2/c1-10(11-5-3-2-4-6-11)22-17-13-7-12(18(23)24)14(19)8-16(13)21-9-15(17)20/h2-10H,20H2,1H3,(H,21,22)(H,23,24). The summed E-state index contributed by atoms with van der Waals surface area (Å²) in [7, 11) is 0. The molecule has 0 aliphatic carbocycles. The first-order valence-electron chi connectivity index (χ1n) is 7.40. The number of nitrogens with two attached hydrogens (primary N) is 1. The van der Waals surface area contributed by atoms with Crippen LogP contribution in [0.4, 0.5) is 11.4 Å². The smallest absolute Gasteiger partial charge is 0.336 e. The third kappa shape index (κ3) is 3.05. The summed E-state index contributed by atoms with van der Waals surface area (Å²) in [6.07, 6.45) is 1.58. The highest BCUT2D eigenvalue weighted by molar-refractivity contribution is 9.10. The molecule has 0 aliphatic rings. The first kappa shape index (κ1) is 16.3. The van der Waals surface area contributed by atoms with Gasteiger partial charge in [-0.2, -0.15) is 0 Å². The molecule has 6 heteroatoms. The van der Waals surface area contributed by atoms with Gasteiger partial charge in [0.05, 0.1) is 28.7 Å². The Hall–Kier alpha value is -2.60. The second-order valence-corrected chi connectivity index (χ2v) is 6.37. The zero-order chi connectivity index (χ0) is 17.3. The lowest BCUT2D eigenvalue weighted by atomic mass is 10.1. The van der Waals surface area contributed by atoms with Crippen molar-refractivity contribution in [2.24, 2.45) is 0 Å². The Balaban J connectivity index is 2.11. The molecule has 5 nitrogen and oxygen atoms in total. The van der Waals surface area contributed by atoms with Gasteiger partial charge in [-0.05, 0) is 40.5 Å². The number of benzene rings is 2. The second kappa shape index (κ2) is 6.49. The minimum absolute atomic E-state index is 0.0102. The fraction of sp³-hybridized carbons (Fsp3) is 0.111. The quantitative estimate of drug-likeness (QED) is 0.617. The number of rotatable bonds is 4. The van der Waals surface area contributed by atoms with Crippen LogP contribution in [0.15, 0.2) is 53.1 Å². The summed E-state index contributed by atoms with van der Waals surface area (Å²) < 4.78 is 0.488. The summed E-state index contributed by atoms with van der Waals surface area (Å²) in [5.74, 6) is -1.01. The SMILES string of the molecule is CC(Nc1c(N)cnc2cc(Br)c(C(=O)O)cc12)c1ccccc1. The van der Waals surface area contributed by atoms with E-state index in [0.29, 0.717) is 26.8 Å². The Kier molecular flexibility index (Phi) is 4.40. The number of aromatic nitrogens is 1. The molecule has 1 aromatic heterocycles. The molecule has 122 valence electrons. The predicted molar refractivity (Wildman–Crippen MR) is 99.3 cm³/mol. The van der Waals surface area contributed by atoms with Gasteiger partial charge in [0, 0.05) is 15.9 Å². The van der Waals surface area contributed by atoms with Gasteiger partial charge in [-0.3, -0.25) is 4.98 Å². The summed E-state index contributed by atoms with van der Waals surface area (Å²) in [4.78, 5) is 15.7. The zero-order valence-corrected chi connectivity index (χ0v) is 14.5. The van der Waals surface area contributed by atoms with E-state index in [9.17, 15) is 9.90 Å². The van der Waals surface area contributed by atoms with Gasteiger partial charge in [-0.1, -0.05) is 30.3 Å². The summed E-state index contributed by atoms with van der Waals surface area (Å²) in [6.45, 7) is 2.03. The number of halogens is 1. The van der Waals surface area contributed by atoms with Crippen molar-refractivity contribution in [3.63, 3.8) is 0 Å². The Labute approximate surface area is 147 Å². The third-order valence-corrected chi connectivity index (χ3v) is 4.53. The van der Waals surface area contributed by atoms with Crippen LogP contribution in [0.3, 0.4) is 0 Å². The molecule has 0 amide bonds. The number of fused-ring (bicyclic) bond motifs is 1. The average Bonchev–Trinajstić information content (AvgIpc) is 2.57. The van der Waals surface area contributed by atoms with E-state index >= 15 is 0 Å². The molecule has 0 fully saturated rings. The van der Waals surface area contributed by atoms with E-state index in [0.717, 1.165) is 5.56 Å². The molecular formula is C18H16BrN3O2. The van der Waals surface area contributed by atoms with Gasteiger partial charge >= 0.3 is 5.97 Å². The number of carboxylic acids is 1. The van der Waals surface area contributed by atoms with Crippen LogP contribution < -0.4 is 11.1 Å². The Morgan fingerprint density at radius 3 is 2.67 bits per heavy atom. The largest absolute Gasteiger partial charge is 0.478 e. The molecule has 3 rings (SSSR count). The summed E-state index contributed by atoms with van der Waals surface area (Å²) in [5, 5.41) is 13.4. The number of hydrogen-bond donors (Lipinski definition) is 3. The molecule has 1 atom stereocenters. The van der Waals surface area contributed by atoms with E-state index < -0.39 is 5.97 Å². The molecule has 0 radical (unpaired) electrons. The number of nitrogen functional groups attached to an aromatic ring is 1. The predicted octanol–water partition coefficient (Wildman–Crippen LogP) is 4.45. The molecule has 2 aromatic carbocycles. The van der Waals surface area contributed by atoms with E-state index in [1.54, 1.807) is 18.3 Å². The van der Waals surface area contributed by atoms with Crippen molar-refractivity contribution in [2.45, 2.75) is 13.0 Å². The van der Waals surface area contributed by atoms with E-state index in [1.807, 2.05) is 37.3 Å². The van der Waals surface area contributed by atoms with Crippen molar-refractivity contribution in [1.29, 1.82) is 0 Å². The highest BCUT2D eigenvalue weighted by Gasteiger charge is 2.16. The van der Waals surface area contributed by atoms with E-state index in [-0.39, 0.29) is 11.6 Å².